The molecule has 2 aromatic rings. The second-order valence-electron chi connectivity index (χ2n) is 6.15. The lowest BCUT2D eigenvalue weighted by Gasteiger charge is -2.21. The van der Waals surface area contributed by atoms with Crippen molar-refractivity contribution in [2.24, 2.45) is 0 Å². The summed E-state index contributed by atoms with van der Waals surface area (Å²) >= 11 is 7.72. The molecule has 0 bridgehead atoms. The van der Waals surface area contributed by atoms with Gasteiger partial charge in [-0.3, -0.25) is 4.79 Å². The fraction of sp³-hybridized carbons (Fsp3) is 0.375. The van der Waals surface area contributed by atoms with Crippen LogP contribution in [0.2, 0.25) is 5.02 Å². The van der Waals surface area contributed by atoms with Gasteiger partial charge in [0.25, 0.3) is 5.56 Å². The molecular formula is C16H18ClIN2O3. The highest BCUT2D eigenvalue weighted by molar-refractivity contribution is 14.1. The number of halogens is 2. The molecule has 1 aromatic carbocycles. The second-order valence-corrected chi connectivity index (χ2v) is 7.44. The average molecular weight is 449 g/mol. The summed E-state index contributed by atoms with van der Waals surface area (Å²) in [5.41, 5.74) is 1.58. The van der Waals surface area contributed by atoms with Crippen LogP contribution < -0.4 is 10.3 Å². The van der Waals surface area contributed by atoms with E-state index in [2.05, 4.69) is 25.9 Å². The number of hydrogen-bond donors (Lipinski definition) is 1. The van der Waals surface area contributed by atoms with Crippen molar-refractivity contribution in [2.75, 3.05) is 6.61 Å². The monoisotopic (exact) mass is 448 g/mol. The van der Waals surface area contributed by atoms with Gasteiger partial charge in [-0.05, 0) is 16.5 Å². The summed E-state index contributed by atoms with van der Waals surface area (Å²) in [7, 11) is 0. The number of aliphatic hydroxyl groups excluding tert-OH is 1. The van der Waals surface area contributed by atoms with Crippen molar-refractivity contribution in [1.29, 1.82) is 0 Å². The van der Waals surface area contributed by atoms with E-state index in [1.54, 1.807) is 22.9 Å². The molecule has 7 heteroatoms. The zero-order valence-corrected chi connectivity index (χ0v) is 16.0. The van der Waals surface area contributed by atoms with Crippen molar-refractivity contribution >= 4 is 34.5 Å². The maximum atomic E-state index is 11.8. The Morgan fingerprint density at radius 1 is 1.35 bits per heavy atom. The molecule has 23 heavy (non-hydrogen) atoms. The molecular weight excluding hydrogens is 431 g/mol. The number of hydrogen-bond acceptors (Lipinski definition) is 4. The molecule has 0 aliphatic rings. The van der Waals surface area contributed by atoms with E-state index in [1.165, 1.54) is 11.8 Å². The molecule has 0 amide bonds. The van der Waals surface area contributed by atoms with Crippen molar-refractivity contribution in [1.82, 2.24) is 7.99 Å². The van der Waals surface area contributed by atoms with Crippen LogP contribution in [0.3, 0.4) is 0 Å². The van der Waals surface area contributed by atoms with E-state index in [0.717, 1.165) is 8.46 Å². The minimum absolute atomic E-state index is 0.0477. The van der Waals surface area contributed by atoms with Crippen LogP contribution in [-0.4, -0.2) is 19.7 Å². The van der Waals surface area contributed by atoms with Crippen molar-refractivity contribution < 1.29 is 9.84 Å². The van der Waals surface area contributed by atoms with Crippen LogP contribution in [-0.2, 0) is 5.41 Å². The Bertz CT molecular complexity index is 738. The fourth-order valence-corrected chi connectivity index (χ4v) is 2.72. The molecule has 0 spiro atoms. The van der Waals surface area contributed by atoms with E-state index in [0.29, 0.717) is 0 Å². The van der Waals surface area contributed by atoms with E-state index in [9.17, 15) is 9.90 Å². The molecule has 1 N–H and O–H groups in total. The number of benzene rings is 1. The van der Waals surface area contributed by atoms with Gasteiger partial charge in [0, 0.05) is 0 Å². The van der Waals surface area contributed by atoms with Crippen molar-refractivity contribution in [3.8, 4) is 5.75 Å². The maximum Gasteiger partial charge on any atom is 0.298 e. The predicted molar refractivity (Wildman–Crippen MR) is 98.5 cm³/mol. The zero-order valence-electron chi connectivity index (χ0n) is 13.1. The minimum Gasteiger partial charge on any atom is -0.480 e. The lowest BCUT2D eigenvalue weighted by molar-refractivity contribution is 0.116. The number of aliphatic hydroxyl groups is 1. The molecule has 0 saturated heterocycles. The molecule has 0 radical (unpaired) electrons. The molecule has 0 saturated carbocycles. The third-order valence-corrected chi connectivity index (χ3v) is 4.47. The summed E-state index contributed by atoms with van der Waals surface area (Å²) in [6, 6.07) is 7.82. The van der Waals surface area contributed by atoms with Crippen molar-refractivity contribution in [3.63, 3.8) is 0 Å². The van der Waals surface area contributed by atoms with Crippen LogP contribution in [0.1, 0.15) is 38.0 Å². The van der Waals surface area contributed by atoms with Crippen LogP contribution in [0.4, 0.5) is 0 Å². The van der Waals surface area contributed by atoms with Gasteiger partial charge in [-0.2, -0.15) is 7.99 Å². The van der Waals surface area contributed by atoms with Gasteiger partial charge in [0.1, 0.15) is 6.10 Å². The van der Waals surface area contributed by atoms with Crippen LogP contribution in [0.5, 0.6) is 5.75 Å². The normalized spacial score (nSPS) is 13.0. The topological polar surface area (TPSA) is 64.3 Å². The zero-order chi connectivity index (χ0) is 17.2. The average Bonchev–Trinajstić information content (AvgIpc) is 2.51. The molecule has 0 aliphatic heterocycles. The summed E-state index contributed by atoms with van der Waals surface area (Å²) < 4.78 is 6.78. The number of nitrogens with zero attached hydrogens (tertiary/aromatic N) is 2. The van der Waals surface area contributed by atoms with Gasteiger partial charge in [-0.15, -0.1) is 0 Å². The Labute approximate surface area is 153 Å². The highest BCUT2D eigenvalue weighted by atomic mass is 127. The Hall–Kier alpha value is -1.12. The molecule has 1 unspecified atom stereocenters. The van der Waals surface area contributed by atoms with Crippen LogP contribution in [0.15, 0.2) is 35.3 Å². The largest absolute Gasteiger partial charge is 0.480 e. The van der Waals surface area contributed by atoms with Gasteiger partial charge < -0.3 is 9.84 Å². The second kappa shape index (κ2) is 7.19. The minimum atomic E-state index is -0.618. The first kappa shape index (κ1) is 18.2. The van der Waals surface area contributed by atoms with Crippen LogP contribution in [0, 0.1) is 0 Å². The quantitative estimate of drug-likeness (QED) is 0.727. The summed E-state index contributed by atoms with van der Waals surface area (Å²) in [6.45, 7) is 6.16. The van der Waals surface area contributed by atoms with Crippen LogP contribution in [0.25, 0.3) is 0 Å². The third kappa shape index (κ3) is 4.24. The van der Waals surface area contributed by atoms with Crippen LogP contribution >= 0.6 is 34.5 Å². The molecule has 1 aromatic heterocycles. The van der Waals surface area contributed by atoms with E-state index >= 15 is 0 Å². The standard InChI is InChI=1S/C16H18ClIN2O3/c1-16(2,3)11-6-4-10(5-7-11)13(9-21)23-12-8-19-20(18)15(22)14(12)17/h4-8,13,21H,9H2,1-3H3. The van der Waals surface area contributed by atoms with Gasteiger partial charge >= 0.3 is 0 Å². The molecule has 0 fully saturated rings. The Morgan fingerprint density at radius 3 is 2.48 bits per heavy atom. The van der Waals surface area contributed by atoms with Gasteiger partial charge in [0.05, 0.1) is 35.7 Å². The van der Waals surface area contributed by atoms with E-state index < -0.39 is 11.7 Å². The summed E-state index contributed by atoms with van der Waals surface area (Å²) in [4.78, 5) is 11.8. The first-order chi connectivity index (χ1) is 10.7. The third-order valence-electron chi connectivity index (χ3n) is 3.43. The first-order valence-electron chi connectivity index (χ1n) is 7.06. The number of rotatable bonds is 4. The highest BCUT2D eigenvalue weighted by Gasteiger charge is 2.19. The number of aromatic nitrogens is 2. The van der Waals surface area contributed by atoms with Crippen molar-refractivity contribution in [3.05, 3.63) is 57.0 Å². The summed E-state index contributed by atoms with van der Waals surface area (Å²) in [6.07, 6.45) is 0.746. The summed E-state index contributed by atoms with van der Waals surface area (Å²) in [5.74, 6) is 0.156. The first-order valence-corrected chi connectivity index (χ1v) is 8.40. The van der Waals surface area contributed by atoms with E-state index in [4.69, 9.17) is 16.3 Å². The molecule has 2 rings (SSSR count). The number of ether oxygens (including phenoxy) is 1. The van der Waals surface area contributed by atoms with Gasteiger partial charge in [0.2, 0.25) is 0 Å². The van der Waals surface area contributed by atoms with Gasteiger partial charge in [-0.25, -0.2) is 0 Å². The Balaban J connectivity index is 2.27. The van der Waals surface area contributed by atoms with E-state index in [-0.39, 0.29) is 22.8 Å². The molecule has 1 atom stereocenters. The predicted octanol–water partition coefficient (Wildman–Crippen LogP) is 3.50. The van der Waals surface area contributed by atoms with Gasteiger partial charge in [-0.1, -0.05) is 56.6 Å². The van der Waals surface area contributed by atoms with Crippen molar-refractivity contribution in [2.45, 2.75) is 32.3 Å². The molecule has 0 aliphatic carbocycles. The van der Waals surface area contributed by atoms with E-state index in [1.807, 2.05) is 24.3 Å². The highest BCUT2D eigenvalue weighted by Crippen LogP contribution is 2.28. The lowest BCUT2D eigenvalue weighted by atomic mass is 9.86. The SMILES string of the molecule is CC(C)(C)c1ccc(C(CO)Oc2cnn(I)c(=O)c2Cl)cc1. The Morgan fingerprint density at radius 2 is 1.96 bits per heavy atom. The smallest absolute Gasteiger partial charge is 0.298 e. The lowest BCUT2D eigenvalue weighted by Crippen LogP contribution is -2.19. The molecule has 5 nitrogen and oxygen atoms in total. The molecule has 1 heterocycles. The fourth-order valence-electron chi connectivity index (χ4n) is 2.04. The van der Waals surface area contributed by atoms with Gasteiger partial charge in [0.15, 0.2) is 10.8 Å². The Kier molecular flexibility index (Phi) is 5.70. The summed E-state index contributed by atoms with van der Waals surface area (Å²) in [5, 5.41) is 13.4. The maximum absolute atomic E-state index is 11.8. The molecule has 124 valence electrons.